The molecule has 6 rings (SSSR count). The molecule has 4 fully saturated rings. The Labute approximate surface area is 221 Å². The van der Waals surface area contributed by atoms with E-state index < -0.39 is 22.2 Å². The molecule has 1 saturated heterocycles. The van der Waals surface area contributed by atoms with E-state index in [4.69, 9.17) is 9.47 Å². The minimum atomic E-state index is -1.18. The van der Waals surface area contributed by atoms with Crippen molar-refractivity contribution in [3.05, 3.63) is 23.8 Å². The highest BCUT2D eigenvalue weighted by Crippen LogP contribution is 2.82. The molecule has 6 nitrogen and oxygen atoms in total. The largest absolute Gasteiger partial charge is 0.481 e. The molecule has 0 aromatic rings. The van der Waals surface area contributed by atoms with Gasteiger partial charge < -0.3 is 19.4 Å². The Kier molecular flexibility index (Phi) is 6.28. The van der Waals surface area contributed by atoms with Crippen molar-refractivity contribution in [2.45, 2.75) is 91.1 Å². The van der Waals surface area contributed by atoms with Crippen LogP contribution in [0.5, 0.6) is 0 Å². The van der Waals surface area contributed by atoms with E-state index in [0.29, 0.717) is 37.5 Å². The van der Waals surface area contributed by atoms with Gasteiger partial charge in [-0.05, 0) is 75.0 Å². The molecule has 6 heteroatoms. The molecule has 0 radical (unpaired) electrons. The molecule has 6 aliphatic rings. The second-order valence-electron chi connectivity index (χ2n) is 13.6. The molecule has 5 aliphatic carbocycles. The molecular formula is C31H45NO5. The monoisotopic (exact) mass is 511 g/mol. The molecule has 0 aromatic heterocycles. The van der Waals surface area contributed by atoms with Crippen molar-refractivity contribution in [1.82, 2.24) is 4.90 Å². The van der Waals surface area contributed by atoms with Crippen molar-refractivity contribution in [3.63, 3.8) is 0 Å². The Morgan fingerprint density at radius 1 is 1.24 bits per heavy atom. The number of hydrogen-bond acceptors (Lipinski definition) is 5. The number of ether oxygens (including phenoxy) is 2. The smallest absolute Gasteiger partial charge is 0.315 e. The van der Waals surface area contributed by atoms with E-state index >= 15 is 0 Å². The van der Waals surface area contributed by atoms with Crippen LogP contribution in [0.2, 0.25) is 0 Å². The summed E-state index contributed by atoms with van der Waals surface area (Å²) in [4.78, 5) is 29.3. The molecule has 0 aromatic carbocycles. The van der Waals surface area contributed by atoms with Crippen molar-refractivity contribution in [2.24, 2.45) is 45.8 Å². The lowest BCUT2D eigenvalue weighted by molar-refractivity contribution is -0.238. The average molecular weight is 512 g/mol. The lowest BCUT2D eigenvalue weighted by atomic mass is 9.43. The maximum absolute atomic E-state index is 13.6. The highest BCUT2D eigenvalue weighted by molar-refractivity contribution is 5.90. The first-order valence-electron chi connectivity index (χ1n) is 14.8. The predicted molar refractivity (Wildman–Crippen MR) is 141 cm³/mol. The second-order valence-corrected chi connectivity index (χ2v) is 13.6. The van der Waals surface area contributed by atoms with Crippen LogP contribution >= 0.6 is 0 Å². The first-order valence-corrected chi connectivity index (χ1v) is 14.8. The summed E-state index contributed by atoms with van der Waals surface area (Å²) in [6.45, 7) is 10.5. The molecule has 10 atom stereocenters. The summed E-state index contributed by atoms with van der Waals surface area (Å²) in [6, 6.07) is 0.420. The van der Waals surface area contributed by atoms with Gasteiger partial charge in [-0.1, -0.05) is 51.0 Å². The Morgan fingerprint density at radius 2 is 2.05 bits per heavy atom. The SMILES string of the molecule is CC(C)C1=C[C@H]2C[C@]3(C=O)[C@@H]4CC[C@@H](C)[C@H]4CC2(CO[C@H]2CN(C4C=CCCC4)C[C@@H](C)O2)[C@]13C(=O)O. The van der Waals surface area contributed by atoms with Crippen molar-refractivity contribution < 1.29 is 24.2 Å². The fourth-order valence-electron chi connectivity index (χ4n) is 10.3. The van der Waals surface area contributed by atoms with E-state index in [9.17, 15) is 14.7 Å². The van der Waals surface area contributed by atoms with Crippen LogP contribution in [0.1, 0.15) is 72.6 Å². The Bertz CT molecular complexity index is 1010. The zero-order chi connectivity index (χ0) is 26.2. The number of allylic oxidation sites excluding steroid dienone is 2. The lowest BCUT2D eigenvalue weighted by Crippen LogP contribution is -2.64. The summed E-state index contributed by atoms with van der Waals surface area (Å²) in [6.07, 6.45) is 14.7. The molecule has 1 N–H and O–H groups in total. The van der Waals surface area contributed by atoms with Crippen LogP contribution in [-0.4, -0.2) is 60.4 Å². The van der Waals surface area contributed by atoms with Gasteiger partial charge in [-0.3, -0.25) is 9.69 Å². The number of hydrogen-bond donors (Lipinski definition) is 1. The first kappa shape index (κ1) is 25.8. The molecular weight excluding hydrogens is 466 g/mol. The van der Waals surface area contributed by atoms with Gasteiger partial charge in [-0.15, -0.1) is 0 Å². The van der Waals surface area contributed by atoms with E-state index in [0.717, 1.165) is 50.5 Å². The van der Waals surface area contributed by atoms with Gasteiger partial charge in [0.2, 0.25) is 0 Å². The predicted octanol–water partition coefficient (Wildman–Crippen LogP) is 5.08. The van der Waals surface area contributed by atoms with Crippen LogP contribution in [-0.2, 0) is 19.1 Å². The van der Waals surface area contributed by atoms with Gasteiger partial charge in [0.1, 0.15) is 11.7 Å². The maximum atomic E-state index is 13.6. The van der Waals surface area contributed by atoms with Crippen LogP contribution in [0.4, 0.5) is 0 Å². The van der Waals surface area contributed by atoms with Crippen molar-refractivity contribution >= 4 is 12.3 Å². The Morgan fingerprint density at radius 3 is 2.73 bits per heavy atom. The third-order valence-electron chi connectivity index (χ3n) is 11.6. The summed E-state index contributed by atoms with van der Waals surface area (Å²) in [5.74, 6) is 0.359. The van der Waals surface area contributed by atoms with Gasteiger partial charge in [0.05, 0.1) is 24.7 Å². The number of carbonyl (C=O) groups is 2. The summed E-state index contributed by atoms with van der Waals surface area (Å²) >= 11 is 0. The first-order chi connectivity index (χ1) is 17.7. The Balaban J connectivity index is 1.35. The highest BCUT2D eigenvalue weighted by Gasteiger charge is 2.84. The highest BCUT2D eigenvalue weighted by atomic mass is 16.7. The normalized spacial score (nSPS) is 48.8. The topological polar surface area (TPSA) is 76.1 Å². The number of carbonyl (C=O) groups excluding carboxylic acids is 1. The molecule has 3 saturated carbocycles. The lowest BCUT2D eigenvalue weighted by Gasteiger charge is -2.58. The van der Waals surface area contributed by atoms with E-state index in [1.165, 1.54) is 6.42 Å². The number of carboxylic acids is 1. The number of carboxylic acid groups (broad SMARTS) is 1. The number of morpholine rings is 1. The number of nitrogens with zero attached hydrogens (tertiary/aromatic N) is 1. The van der Waals surface area contributed by atoms with Gasteiger partial charge in [-0.2, -0.15) is 0 Å². The summed E-state index contributed by atoms with van der Waals surface area (Å²) in [7, 11) is 0. The second kappa shape index (κ2) is 9.02. The van der Waals surface area contributed by atoms with Crippen LogP contribution in [0.15, 0.2) is 23.8 Å². The zero-order valence-electron chi connectivity index (χ0n) is 23.0. The molecule has 4 bridgehead atoms. The number of fused-ring (bicyclic) bond motifs is 2. The number of aliphatic carboxylic acids is 1. The maximum Gasteiger partial charge on any atom is 0.315 e. The zero-order valence-corrected chi connectivity index (χ0v) is 23.0. The van der Waals surface area contributed by atoms with E-state index in [2.05, 4.69) is 50.8 Å². The van der Waals surface area contributed by atoms with Crippen molar-refractivity contribution in [2.75, 3.05) is 19.7 Å². The third kappa shape index (κ3) is 3.34. The van der Waals surface area contributed by atoms with E-state index in [-0.39, 0.29) is 30.1 Å². The van der Waals surface area contributed by atoms with Gasteiger partial charge in [0, 0.05) is 18.0 Å². The molecule has 204 valence electrons. The fraction of sp³-hybridized carbons (Fsp3) is 0.806. The third-order valence-corrected chi connectivity index (χ3v) is 11.6. The minimum Gasteiger partial charge on any atom is -0.481 e. The summed E-state index contributed by atoms with van der Waals surface area (Å²) in [5.41, 5.74) is -1.65. The molecule has 1 heterocycles. The molecule has 0 amide bonds. The summed E-state index contributed by atoms with van der Waals surface area (Å²) < 4.78 is 13.0. The molecule has 1 aliphatic heterocycles. The Hall–Kier alpha value is -1.50. The van der Waals surface area contributed by atoms with Crippen molar-refractivity contribution in [3.8, 4) is 0 Å². The number of aldehydes is 1. The number of rotatable bonds is 7. The molecule has 37 heavy (non-hydrogen) atoms. The van der Waals surface area contributed by atoms with Crippen molar-refractivity contribution in [1.29, 1.82) is 0 Å². The van der Waals surface area contributed by atoms with E-state index in [1.54, 1.807) is 0 Å². The molecule has 0 spiro atoms. The van der Waals surface area contributed by atoms with Crippen LogP contribution in [0.3, 0.4) is 0 Å². The van der Waals surface area contributed by atoms with Crippen LogP contribution in [0, 0.1) is 45.8 Å². The van der Waals surface area contributed by atoms with Gasteiger partial charge in [-0.25, -0.2) is 0 Å². The summed E-state index contributed by atoms with van der Waals surface area (Å²) in [5, 5.41) is 11.2. The quantitative estimate of drug-likeness (QED) is 0.379. The fourth-order valence-corrected chi connectivity index (χ4v) is 10.3. The average Bonchev–Trinajstić information content (AvgIpc) is 3.45. The standard InChI is InChI=1S/C31H45NO5/c1-19(2)26-12-22-13-29(17-33)25-11-10-20(3)24(25)14-30(22,31(26,29)28(34)35)18-36-27-16-32(15-21(4)37-27)23-8-6-5-7-9-23/h6,8,12,17,19-25,27H,5,7,9-11,13-16,18H2,1-4H3,(H,34,35)/t20-,21-,22+,23?,24-,25-,27-,29+,30?,31+/m1/s1. The van der Waals surface area contributed by atoms with E-state index in [1.807, 2.05) is 0 Å². The van der Waals surface area contributed by atoms with Gasteiger partial charge >= 0.3 is 5.97 Å². The van der Waals surface area contributed by atoms with Crippen LogP contribution in [0.25, 0.3) is 0 Å². The van der Waals surface area contributed by atoms with Gasteiger partial charge in [0.15, 0.2) is 6.29 Å². The molecule has 2 unspecified atom stereocenters. The van der Waals surface area contributed by atoms with Crippen LogP contribution < -0.4 is 0 Å². The van der Waals surface area contributed by atoms with Gasteiger partial charge in [0.25, 0.3) is 0 Å². The minimum absolute atomic E-state index is 0.0578.